The van der Waals surface area contributed by atoms with Crippen molar-refractivity contribution in [3.05, 3.63) is 59.4 Å². The number of carbonyl (C=O) groups is 4. The number of nitrogens with zero attached hydrogens (tertiary/aromatic N) is 1. The number of hydrogen-bond donors (Lipinski definition) is 5. The maximum absolute atomic E-state index is 14.1. The van der Waals surface area contributed by atoms with E-state index in [1.165, 1.54) is 30.3 Å². The van der Waals surface area contributed by atoms with Crippen LogP contribution in [0.25, 0.3) is 0 Å². The van der Waals surface area contributed by atoms with Gasteiger partial charge in [0.1, 0.15) is 17.6 Å². The van der Waals surface area contributed by atoms with E-state index in [4.69, 9.17) is 26.4 Å². The monoisotopic (exact) mass is 446 g/mol. The Balaban J connectivity index is 2.00. The molecular formula is C20H19FN4O7. The van der Waals surface area contributed by atoms with Crippen LogP contribution < -0.4 is 21.5 Å². The lowest BCUT2D eigenvalue weighted by Crippen LogP contribution is -2.42. The van der Waals surface area contributed by atoms with Crippen LogP contribution in [0.3, 0.4) is 0 Å². The fraction of sp³-hybridized carbons (Fsp3) is 0.150. The summed E-state index contributed by atoms with van der Waals surface area (Å²) in [5.74, 6) is -5.60. The number of rotatable bonds is 9. The number of halogens is 1. The third kappa shape index (κ3) is 7.09. The summed E-state index contributed by atoms with van der Waals surface area (Å²) < 4.78 is 19.2. The fourth-order valence-corrected chi connectivity index (χ4v) is 2.53. The predicted octanol–water partition coefficient (Wildman–Crippen LogP) is 0.536. The summed E-state index contributed by atoms with van der Waals surface area (Å²) in [6.07, 6.45) is -1.00. The lowest BCUT2D eigenvalue weighted by atomic mass is 10.1. The number of esters is 1. The Morgan fingerprint density at radius 3 is 2.25 bits per heavy atom. The molecule has 2 aromatic carbocycles. The number of benzene rings is 2. The van der Waals surface area contributed by atoms with E-state index in [0.29, 0.717) is 5.56 Å². The highest BCUT2D eigenvalue weighted by molar-refractivity contribution is 5.92. The number of ether oxygens (including phenoxy) is 1. The molecule has 0 saturated heterocycles. The summed E-state index contributed by atoms with van der Waals surface area (Å²) in [5.41, 5.74) is 10.6. The molecule has 0 radical (unpaired) electrons. The molecule has 0 unspecified atom stereocenters. The van der Waals surface area contributed by atoms with Gasteiger partial charge in [0.2, 0.25) is 5.91 Å². The Bertz CT molecular complexity index is 1070. The van der Waals surface area contributed by atoms with Crippen molar-refractivity contribution in [1.29, 1.82) is 0 Å². The summed E-state index contributed by atoms with van der Waals surface area (Å²) in [6, 6.07) is 7.49. The number of carbonyl (C=O) groups excluding carboxylic acids is 2. The van der Waals surface area contributed by atoms with E-state index in [9.17, 15) is 23.6 Å². The highest BCUT2D eigenvalue weighted by atomic mass is 19.1. The summed E-state index contributed by atoms with van der Waals surface area (Å²) in [5, 5.41) is 19.8. The smallest absolute Gasteiger partial charge is 0.346 e. The van der Waals surface area contributed by atoms with E-state index in [2.05, 4.69) is 10.3 Å². The molecule has 32 heavy (non-hydrogen) atoms. The number of aliphatic imine (C=N–C) groups is 1. The molecule has 12 heteroatoms. The van der Waals surface area contributed by atoms with Gasteiger partial charge in [-0.2, -0.15) is 0 Å². The molecule has 2 rings (SSSR count). The van der Waals surface area contributed by atoms with Gasteiger partial charge in [0.25, 0.3) is 0 Å². The molecule has 0 aliphatic heterocycles. The number of amides is 1. The molecule has 0 aliphatic rings. The average Bonchev–Trinajstić information content (AvgIpc) is 2.68. The van der Waals surface area contributed by atoms with Crippen LogP contribution >= 0.6 is 0 Å². The first kappa shape index (κ1) is 23.8. The van der Waals surface area contributed by atoms with Crippen LogP contribution in [0.5, 0.6) is 5.75 Å². The van der Waals surface area contributed by atoms with Gasteiger partial charge in [0.05, 0.1) is 24.1 Å². The SMILES string of the molecule is NC(N)=Nc1ccc(C(=O)Oc2ccc(CC(=O)N[C@@H](CC(=O)O)C(=O)O)cc2)c(F)c1. The number of guanidine groups is 1. The summed E-state index contributed by atoms with van der Waals surface area (Å²) in [4.78, 5) is 49.5. The van der Waals surface area contributed by atoms with E-state index >= 15 is 0 Å². The number of hydrogen-bond acceptors (Lipinski definition) is 6. The maximum Gasteiger partial charge on any atom is 0.346 e. The van der Waals surface area contributed by atoms with E-state index in [-0.39, 0.29) is 29.4 Å². The molecular weight excluding hydrogens is 427 g/mol. The standard InChI is InChI=1S/C20H19FN4O7/c21-14-8-11(24-20(22)23)3-6-13(14)19(31)32-12-4-1-10(2-5-12)7-16(26)25-15(18(29)30)9-17(27)28/h1-6,8,15H,7,9H2,(H,25,26)(H,27,28)(H,29,30)(H4,22,23,24)/t15-/m0/s1. The first-order valence-corrected chi connectivity index (χ1v) is 8.99. The molecule has 0 fully saturated rings. The Labute approximate surface area is 180 Å². The van der Waals surface area contributed by atoms with Gasteiger partial charge in [0, 0.05) is 6.07 Å². The minimum absolute atomic E-state index is 0.0705. The zero-order valence-corrected chi connectivity index (χ0v) is 16.4. The van der Waals surface area contributed by atoms with Crippen LogP contribution in [0.1, 0.15) is 22.3 Å². The van der Waals surface area contributed by atoms with Gasteiger partial charge in [0.15, 0.2) is 5.96 Å². The van der Waals surface area contributed by atoms with Gasteiger partial charge in [-0.3, -0.25) is 9.59 Å². The average molecular weight is 446 g/mol. The van der Waals surface area contributed by atoms with Crippen LogP contribution in [-0.4, -0.2) is 46.0 Å². The third-order valence-electron chi connectivity index (χ3n) is 3.94. The normalized spacial score (nSPS) is 11.2. The molecule has 168 valence electrons. The Hall–Kier alpha value is -4.48. The first-order chi connectivity index (χ1) is 15.0. The third-order valence-corrected chi connectivity index (χ3v) is 3.94. The second-order valence-corrected chi connectivity index (χ2v) is 6.47. The highest BCUT2D eigenvalue weighted by Gasteiger charge is 2.23. The number of aliphatic carboxylic acids is 2. The van der Waals surface area contributed by atoms with E-state index in [1.807, 2.05) is 0 Å². The van der Waals surface area contributed by atoms with Crippen molar-refractivity contribution in [3.8, 4) is 5.75 Å². The largest absolute Gasteiger partial charge is 0.481 e. The minimum Gasteiger partial charge on any atom is -0.481 e. The molecule has 0 aliphatic carbocycles. The molecule has 2 aromatic rings. The van der Waals surface area contributed by atoms with E-state index < -0.39 is 42.1 Å². The Kier molecular flexibility index (Phi) is 7.82. The molecule has 0 aromatic heterocycles. The maximum atomic E-state index is 14.1. The van der Waals surface area contributed by atoms with Crippen molar-refractivity contribution in [2.45, 2.75) is 18.9 Å². The molecule has 0 spiro atoms. The molecule has 11 nitrogen and oxygen atoms in total. The van der Waals surface area contributed by atoms with Crippen LogP contribution in [-0.2, 0) is 20.8 Å². The number of nitrogens with one attached hydrogen (secondary N) is 1. The second kappa shape index (κ2) is 10.5. The number of nitrogens with two attached hydrogens (primary N) is 2. The van der Waals surface area contributed by atoms with Crippen molar-refractivity contribution in [2.24, 2.45) is 16.5 Å². The van der Waals surface area contributed by atoms with Crippen LogP contribution in [0.4, 0.5) is 10.1 Å². The molecule has 7 N–H and O–H groups in total. The van der Waals surface area contributed by atoms with Gasteiger partial charge in [-0.1, -0.05) is 12.1 Å². The quantitative estimate of drug-likeness (QED) is 0.158. The number of carboxylic acid groups (broad SMARTS) is 2. The van der Waals surface area contributed by atoms with E-state index in [1.54, 1.807) is 0 Å². The van der Waals surface area contributed by atoms with Crippen LogP contribution in [0.15, 0.2) is 47.5 Å². The lowest BCUT2D eigenvalue weighted by Gasteiger charge is -2.12. The molecule has 1 amide bonds. The Morgan fingerprint density at radius 2 is 1.72 bits per heavy atom. The van der Waals surface area contributed by atoms with Crippen molar-refractivity contribution in [3.63, 3.8) is 0 Å². The van der Waals surface area contributed by atoms with Gasteiger partial charge in [-0.05, 0) is 29.8 Å². The van der Waals surface area contributed by atoms with Crippen molar-refractivity contribution >= 4 is 35.5 Å². The van der Waals surface area contributed by atoms with Gasteiger partial charge >= 0.3 is 17.9 Å². The molecule has 0 heterocycles. The van der Waals surface area contributed by atoms with E-state index in [0.717, 1.165) is 12.1 Å². The zero-order chi connectivity index (χ0) is 23.8. The lowest BCUT2D eigenvalue weighted by molar-refractivity contribution is -0.147. The van der Waals surface area contributed by atoms with Gasteiger partial charge < -0.3 is 31.7 Å². The second-order valence-electron chi connectivity index (χ2n) is 6.47. The zero-order valence-electron chi connectivity index (χ0n) is 16.4. The van der Waals surface area contributed by atoms with Crippen LogP contribution in [0.2, 0.25) is 0 Å². The predicted molar refractivity (Wildman–Crippen MR) is 109 cm³/mol. The molecule has 0 bridgehead atoms. The van der Waals surface area contributed by atoms with Gasteiger partial charge in [-0.15, -0.1) is 0 Å². The van der Waals surface area contributed by atoms with Gasteiger partial charge in [-0.25, -0.2) is 19.0 Å². The van der Waals surface area contributed by atoms with Crippen molar-refractivity contribution in [1.82, 2.24) is 5.32 Å². The summed E-state index contributed by atoms with van der Waals surface area (Å²) in [6.45, 7) is 0. The topological polar surface area (TPSA) is 194 Å². The summed E-state index contributed by atoms with van der Waals surface area (Å²) >= 11 is 0. The Morgan fingerprint density at radius 1 is 1.06 bits per heavy atom. The molecule has 1 atom stereocenters. The van der Waals surface area contributed by atoms with Crippen LogP contribution in [0, 0.1) is 5.82 Å². The summed E-state index contributed by atoms with van der Waals surface area (Å²) in [7, 11) is 0. The highest BCUT2D eigenvalue weighted by Crippen LogP contribution is 2.20. The van der Waals surface area contributed by atoms with Crippen molar-refractivity contribution in [2.75, 3.05) is 0 Å². The number of carboxylic acids is 2. The minimum atomic E-state index is -1.56. The van der Waals surface area contributed by atoms with Crippen molar-refractivity contribution < 1.29 is 38.5 Å². The first-order valence-electron chi connectivity index (χ1n) is 8.99. The molecule has 0 saturated carbocycles. The fourth-order valence-electron chi connectivity index (χ4n) is 2.53.